The topological polar surface area (TPSA) is 21.3 Å². The highest BCUT2D eigenvalue weighted by Gasteiger charge is 2.31. The van der Waals surface area contributed by atoms with Gasteiger partial charge in [-0.15, -0.1) is 0 Å². The molecule has 0 saturated heterocycles. The lowest BCUT2D eigenvalue weighted by Crippen LogP contribution is -2.37. The second-order valence-corrected chi connectivity index (χ2v) is 5.52. The van der Waals surface area contributed by atoms with Crippen molar-refractivity contribution in [3.8, 4) is 5.75 Å². The maximum atomic E-state index is 5.41. The molecule has 0 aliphatic heterocycles. The van der Waals surface area contributed by atoms with Gasteiger partial charge in [0.25, 0.3) is 0 Å². The lowest BCUT2D eigenvalue weighted by molar-refractivity contribution is 0.211. The Hall–Kier alpha value is -1.18. The van der Waals surface area contributed by atoms with Crippen LogP contribution in [0.15, 0.2) is 18.2 Å². The second-order valence-electron chi connectivity index (χ2n) is 5.52. The van der Waals surface area contributed by atoms with Gasteiger partial charge in [0, 0.05) is 6.04 Å². The highest BCUT2D eigenvalue weighted by Crippen LogP contribution is 2.37. The molecular formula is C15H23NO. The van der Waals surface area contributed by atoms with Crippen molar-refractivity contribution in [1.82, 2.24) is 0 Å². The standard InChI is InChI=1S/C15H23NO/c1-10(2)12-8-13(9-12)16-14-6-5-11(3)7-15(14)17-4/h5-7,10,12-13,16H,8-9H2,1-4H3. The van der Waals surface area contributed by atoms with Crippen LogP contribution in [0.1, 0.15) is 32.3 Å². The normalized spacial score (nSPS) is 23.4. The maximum Gasteiger partial charge on any atom is 0.142 e. The molecule has 94 valence electrons. The molecule has 0 amide bonds. The van der Waals surface area contributed by atoms with E-state index in [-0.39, 0.29) is 0 Å². The molecule has 1 aliphatic carbocycles. The lowest BCUT2D eigenvalue weighted by atomic mass is 9.73. The zero-order valence-electron chi connectivity index (χ0n) is 11.3. The van der Waals surface area contributed by atoms with Crippen LogP contribution in [0.25, 0.3) is 0 Å². The maximum absolute atomic E-state index is 5.41. The quantitative estimate of drug-likeness (QED) is 0.853. The monoisotopic (exact) mass is 233 g/mol. The van der Waals surface area contributed by atoms with Gasteiger partial charge in [0.05, 0.1) is 12.8 Å². The van der Waals surface area contributed by atoms with Crippen LogP contribution in [0, 0.1) is 18.8 Å². The average molecular weight is 233 g/mol. The summed E-state index contributed by atoms with van der Waals surface area (Å²) in [4.78, 5) is 0. The fraction of sp³-hybridized carbons (Fsp3) is 0.600. The van der Waals surface area contributed by atoms with Gasteiger partial charge in [-0.1, -0.05) is 19.9 Å². The predicted molar refractivity (Wildman–Crippen MR) is 72.7 cm³/mol. The summed E-state index contributed by atoms with van der Waals surface area (Å²) in [5.74, 6) is 2.66. The van der Waals surface area contributed by atoms with Crippen molar-refractivity contribution in [3.05, 3.63) is 23.8 Å². The Morgan fingerprint density at radius 3 is 2.59 bits per heavy atom. The molecule has 2 rings (SSSR count). The van der Waals surface area contributed by atoms with E-state index in [0.29, 0.717) is 6.04 Å². The summed E-state index contributed by atoms with van der Waals surface area (Å²) < 4.78 is 5.41. The molecule has 0 aromatic heterocycles. The first-order valence-corrected chi connectivity index (χ1v) is 6.51. The molecule has 2 nitrogen and oxygen atoms in total. The Morgan fingerprint density at radius 1 is 1.29 bits per heavy atom. The van der Waals surface area contributed by atoms with Gasteiger partial charge in [0.1, 0.15) is 5.75 Å². The van der Waals surface area contributed by atoms with E-state index in [2.05, 4.69) is 44.3 Å². The summed E-state index contributed by atoms with van der Waals surface area (Å²) in [6, 6.07) is 6.96. The molecule has 1 aromatic carbocycles. The van der Waals surface area contributed by atoms with E-state index in [1.165, 1.54) is 18.4 Å². The van der Waals surface area contributed by atoms with Crippen LogP contribution in [-0.4, -0.2) is 13.2 Å². The van der Waals surface area contributed by atoms with Gasteiger partial charge in [-0.05, 0) is 49.3 Å². The molecule has 1 aliphatic rings. The molecule has 1 fully saturated rings. The van der Waals surface area contributed by atoms with Crippen LogP contribution >= 0.6 is 0 Å². The summed E-state index contributed by atoms with van der Waals surface area (Å²) in [6.07, 6.45) is 2.57. The Bertz CT molecular complexity index is 381. The molecular weight excluding hydrogens is 210 g/mol. The number of benzene rings is 1. The first kappa shape index (κ1) is 12.3. The summed E-state index contributed by atoms with van der Waals surface area (Å²) in [6.45, 7) is 6.71. The third kappa shape index (κ3) is 2.74. The molecule has 0 heterocycles. The Kier molecular flexibility index (Phi) is 3.60. The highest BCUT2D eigenvalue weighted by molar-refractivity contribution is 5.58. The van der Waals surface area contributed by atoms with Crippen LogP contribution in [-0.2, 0) is 0 Å². The fourth-order valence-electron chi connectivity index (χ4n) is 2.46. The Labute approximate surface area is 104 Å². The minimum absolute atomic E-state index is 0.624. The number of hydrogen-bond acceptors (Lipinski definition) is 2. The van der Waals surface area contributed by atoms with Crippen molar-refractivity contribution in [3.63, 3.8) is 0 Å². The SMILES string of the molecule is COc1cc(C)ccc1NC1CC(C(C)C)C1. The number of nitrogens with one attached hydrogen (secondary N) is 1. The number of ether oxygens (including phenoxy) is 1. The first-order valence-electron chi connectivity index (χ1n) is 6.51. The second kappa shape index (κ2) is 4.99. The molecule has 0 spiro atoms. The van der Waals surface area contributed by atoms with Crippen molar-refractivity contribution in [2.24, 2.45) is 11.8 Å². The Balaban J connectivity index is 1.96. The van der Waals surface area contributed by atoms with Crippen molar-refractivity contribution in [2.75, 3.05) is 12.4 Å². The lowest BCUT2D eigenvalue weighted by Gasteiger charge is -2.39. The summed E-state index contributed by atoms with van der Waals surface area (Å²) in [5.41, 5.74) is 2.37. The van der Waals surface area contributed by atoms with Gasteiger partial charge < -0.3 is 10.1 Å². The average Bonchev–Trinajstić information content (AvgIpc) is 2.23. The van der Waals surface area contributed by atoms with E-state index in [4.69, 9.17) is 4.74 Å². The number of anilines is 1. The van der Waals surface area contributed by atoms with E-state index >= 15 is 0 Å². The molecule has 0 radical (unpaired) electrons. The van der Waals surface area contributed by atoms with Gasteiger partial charge in [0.2, 0.25) is 0 Å². The van der Waals surface area contributed by atoms with E-state index in [1.807, 2.05) is 0 Å². The van der Waals surface area contributed by atoms with Crippen molar-refractivity contribution in [2.45, 2.75) is 39.7 Å². The van der Waals surface area contributed by atoms with Crippen LogP contribution in [0.2, 0.25) is 0 Å². The number of hydrogen-bond donors (Lipinski definition) is 1. The van der Waals surface area contributed by atoms with Crippen molar-refractivity contribution < 1.29 is 4.74 Å². The van der Waals surface area contributed by atoms with E-state index in [0.717, 1.165) is 23.3 Å². The van der Waals surface area contributed by atoms with Crippen molar-refractivity contribution in [1.29, 1.82) is 0 Å². The van der Waals surface area contributed by atoms with Crippen molar-refractivity contribution >= 4 is 5.69 Å². The zero-order valence-corrected chi connectivity index (χ0v) is 11.3. The van der Waals surface area contributed by atoms with Gasteiger partial charge in [-0.25, -0.2) is 0 Å². The summed E-state index contributed by atoms with van der Waals surface area (Å²) >= 11 is 0. The number of aryl methyl sites for hydroxylation is 1. The summed E-state index contributed by atoms with van der Waals surface area (Å²) in [5, 5.41) is 3.58. The smallest absolute Gasteiger partial charge is 0.142 e. The van der Waals surface area contributed by atoms with Crippen LogP contribution in [0.3, 0.4) is 0 Å². The molecule has 2 heteroatoms. The third-order valence-corrected chi connectivity index (χ3v) is 3.83. The molecule has 1 aromatic rings. The highest BCUT2D eigenvalue weighted by atomic mass is 16.5. The zero-order chi connectivity index (χ0) is 12.4. The molecule has 0 bridgehead atoms. The number of methoxy groups -OCH3 is 1. The van der Waals surface area contributed by atoms with E-state index < -0.39 is 0 Å². The van der Waals surface area contributed by atoms with Gasteiger partial charge in [-0.3, -0.25) is 0 Å². The molecule has 17 heavy (non-hydrogen) atoms. The van der Waals surface area contributed by atoms with E-state index in [1.54, 1.807) is 7.11 Å². The van der Waals surface area contributed by atoms with Crippen LogP contribution in [0.4, 0.5) is 5.69 Å². The molecule has 0 unspecified atom stereocenters. The number of rotatable bonds is 4. The van der Waals surface area contributed by atoms with Crippen LogP contribution < -0.4 is 10.1 Å². The minimum Gasteiger partial charge on any atom is -0.495 e. The van der Waals surface area contributed by atoms with Gasteiger partial charge >= 0.3 is 0 Å². The van der Waals surface area contributed by atoms with E-state index in [9.17, 15) is 0 Å². The first-order chi connectivity index (χ1) is 8.10. The largest absolute Gasteiger partial charge is 0.495 e. The predicted octanol–water partition coefficient (Wildman–Crippen LogP) is 3.85. The molecule has 0 atom stereocenters. The molecule has 1 saturated carbocycles. The molecule has 1 N–H and O–H groups in total. The van der Waals surface area contributed by atoms with Crippen LogP contribution in [0.5, 0.6) is 5.75 Å². The summed E-state index contributed by atoms with van der Waals surface area (Å²) in [7, 11) is 1.73. The van der Waals surface area contributed by atoms with Gasteiger partial charge in [0.15, 0.2) is 0 Å². The Morgan fingerprint density at radius 2 is 2.00 bits per heavy atom. The minimum atomic E-state index is 0.624. The van der Waals surface area contributed by atoms with Gasteiger partial charge in [-0.2, -0.15) is 0 Å². The third-order valence-electron chi connectivity index (χ3n) is 3.83. The fourth-order valence-corrected chi connectivity index (χ4v) is 2.46.